The second-order valence-corrected chi connectivity index (χ2v) is 7.26. The summed E-state index contributed by atoms with van der Waals surface area (Å²) in [4.78, 5) is 36.2. The topological polar surface area (TPSA) is 111 Å². The van der Waals surface area contributed by atoms with Gasteiger partial charge in [0.1, 0.15) is 0 Å². The zero-order chi connectivity index (χ0) is 20.6. The largest absolute Gasteiger partial charge is 0.463 e. The van der Waals surface area contributed by atoms with E-state index in [-0.39, 0.29) is 30.9 Å². The van der Waals surface area contributed by atoms with Crippen LogP contribution in [0.2, 0.25) is 0 Å². The number of carbonyl (C=O) groups excluding carboxylic acids is 3. The summed E-state index contributed by atoms with van der Waals surface area (Å²) in [5.41, 5.74) is 7.62. The lowest BCUT2D eigenvalue weighted by Crippen LogP contribution is -2.47. The molecule has 0 saturated heterocycles. The van der Waals surface area contributed by atoms with Crippen molar-refractivity contribution in [3.8, 4) is 0 Å². The average Bonchev–Trinajstić information content (AvgIpc) is 2.58. The third kappa shape index (κ3) is 8.21. The predicted octanol–water partition coefficient (Wildman–Crippen LogP) is 1.59. The predicted molar refractivity (Wildman–Crippen MR) is 104 cm³/mol. The normalized spacial score (nSPS) is 13.2. The van der Waals surface area contributed by atoms with Gasteiger partial charge in [-0.1, -0.05) is 43.7 Å². The summed E-state index contributed by atoms with van der Waals surface area (Å²) in [7, 11) is 0. The SMILES string of the molecule is Cc1ccc(C(CC(=O)OC(C)C)NC(=O)CNC(=O)[C@@H](N)C(C)C)cc1. The minimum Gasteiger partial charge on any atom is -0.463 e. The van der Waals surface area contributed by atoms with Crippen molar-refractivity contribution in [3.63, 3.8) is 0 Å². The van der Waals surface area contributed by atoms with E-state index in [4.69, 9.17) is 10.5 Å². The van der Waals surface area contributed by atoms with E-state index in [1.165, 1.54) is 0 Å². The maximum Gasteiger partial charge on any atom is 0.308 e. The number of carbonyl (C=O) groups is 3. The highest BCUT2D eigenvalue weighted by atomic mass is 16.5. The highest BCUT2D eigenvalue weighted by Gasteiger charge is 2.22. The van der Waals surface area contributed by atoms with Crippen molar-refractivity contribution in [3.05, 3.63) is 35.4 Å². The third-order valence-corrected chi connectivity index (χ3v) is 4.00. The first-order valence-electron chi connectivity index (χ1n) is 9.18. The van der Waals surface area contributed by atoms with Crippen molar-refractivity contribution in [2.75, 3.05) is 6.54 Å². The van der Waals surface area contributed by atoms with Gasteiger partial charge in [0.15, 0.2) is 0 Å². The number of amides is 2. The molecule has 0 aliphatic carbocycles. The number of benzene rings is 1. The van der Waals surface area contributed by atoms with E-state index in [9.17, 15) is 14.4 Å². The van der Waals surface area contributed by atoms with Crippen LogP contribution in [-0.2, 0) is 19.1 Å². The Morgan fingerprint density at radius 2 is 1.67 bits per heavy atom. The molecule has 0 saturated carbocycles. The molecule has 1 unspecified atom stereocenters. The number of hydrogen-bond donors (Lipinski definition) is 3. The highest BCUT2D eigenvalue weighted by molar-refractivity contribution is 5.87. The van der Waals surface area contributed by atoms with Crippen LogP contribution in [0.3, 0.4) is 0 Å². The van der Waals surface area contributed by atoms with Gasteiger partial charge in [0.2, 0.25) is 11.8 Å². The van der Waals surface area contributed by atoms with Crippen molar-refractivity contribution in [2.24, 2.45) is 11.7 Å². The molecule has 0 aliphatic rings. The van der Waals surface area contributed by atoms with E-state index < -0.39 is 24.0 Å². The molecule has 1 aromatic rings. The van der Waals surface area contributed by atoms with E-state index in [1.807, 2.05) is 45.0 Å². The first-order chi connectivity index (χ1) is 12.6. The molecule has 2 atom stereocenters. The number of nitrogens with two attached hydrogens (primary N) is 1. The van der Waals surface area contributed by atoms with Gasteiger partial charge in [-0.05, 0) is 32.3 Å². The van der Waals surface area contributed by atoms with Crippen LogP contribution in [0.4, 0.5) is 0 Å². The molecular weight excluding hydrogens is 346 g/mol. The smallest absolute Gasteiger partial charge is 0.308 e. The number of rotatable bonds is 9. The Hall–Kier alpha value is -2.41. The standard InChI is InChI=1S/C20H31N3O4/c1-12(2)19(21)20(26)22-11-17(24)23-16(10-18(25)27-13(3)4)15-8-6-14(5)7-9-15/h6-9,12-13,16,19H,10-11,21H2,1-5H3,(H,22,26)(H,23,24)/t16?,19-/m0/s1. The second kappa shape index (κ2) is 10.7. The lowest BCUT2D eigenvalue weighted by atomic mass is 10.0. The molecule has 0 fully saturated rings. The molecule has 0 aliphatic heterocycles. The molecule has 0 heterocycles. The molecule has 0 radical (unpaired) electrons. The summed E-state index contributed by atoms with van der Waals surface area (Å²) >= 11 is 0. The van der Waals surface area contributed by atoms with Gasteiger partial charge in [-0.25, -0.2) is 0 Å². The Kier molecular flexibility index (Phi) is 8.94. The van der Waals surface area contributed by atoms with Crippen LogP contribution < -0.4 is 16.4 Å². The molecule has 150 valence electrons. The van der Waals surface area contributed by atoms with Crippen molar-refractivity contribution in [1.29, 1.82) is 0 Å². The summed E-state index contributed by atoms with van der Waals surface area (Å²) in [6.45, 7) is 8.95. The fourth-order valence-electron chi connectivity index (χ4n) is 2.36. The number of nitrogens with one attached hydrogen (secondary N) is 2. The van der Waals surface area contributed by atoms with Crippen molar-refractivity contribution >= 4 is 17.8 Å². The van der Waals surface area contributed by atoms with Crippen LogP contribution in [0.5, 0.6) is 0 Å². The Labute approximate surface area is 161 Å². The molecule has 1 rings (SSSR count). The maximum absolute atomic E-state index is 12.3. The molecule has 7 heteroatoms. The Bertz CT molecular complexity index is 641. The first-order valence-corrected chi connectivity index (χ1v) is 9.18. The molecular formula is C20H31N3O4. The van der Waals surface area contributed by atoms with E-state index in [1.54, 1.807) is 13.8 Å². The average molecular weight is 377 g/mol. The lowest BCUT2D eigenvalue weighted by Gasteiger charge is -2.20. The van der Waals surface area contributed by atoms with E-state index in [0.717, 1.165) is 11.1 Å². The van der Waals surface area contributed by atoms with E-state index in [0.29, 0.717) is 0 Å². The zero-order valence-corrected chi connectivity index (χ0v) is 16.7. The van der Waals surface area contributed by atoms with Crippen LogP contribution in [0.25, 0.3) is 0 Å². The molecule has 2 amide bonds. The van der Waals surface area contributed by atoms with Crippen molar-refractivity contribution in [2.45, 2.75) is 59.2 Å². The summed E-state index contributed by atoms with van der Waals surface area (Å²) in [5, 5.41) is 5.31. The fourth-order valence-corrected chi connectivity index (χ4v) is 2.36. The minimum atomic E-state index is -0.674. The molecule has 7 nitrogen and oxygen atoms in total. The van der Waals surface area contributed by atoms with Crippen LogP contribution in [-0.4, -0.2) is 36.5 Å². The van der Waals surface area contributed by atoms with Gasteiger partial charge in [-0.2, -0.15) is 0 Å². The summed E-state index contributed by atoms with van der Waals surface area (Å²) in [5.74, 6) is -1.21. The quantitative estimate of drug-likeness (QED) is 0.566. The van der Waals surface area contributed by atoms with Crippen LogP contribution in [0.15, 0.2) is 24.3 Å². The second-order valence-electron chi connectivity index (χ2n) is 7.26. The first kappa shape index (κ1) is 22.6. The molecule has 1 aromatic carbocycles. The zero-order valence-electron chi connectivity index (χ0n) is 16.7. The van der Waals surface area contributed by atoms with E-state index >= 15 is 0 Å². The fraction of sp³-hybridized carbons (Fsp3) is 0.550. The van der Waals surface area contributed by atoms with E-state index in [2.05, 4.69) is 10.6 Å². The Balaban J connectivity index is 2.75. The maximum atomic E-state index is 12.3. The molecule has 0 aromatic heterocycles. The van der Waals surface area contributed by atoms with Crippen LogP contribution in [0, 0.1) is 12.8 Å². The van der Waals surface area contributed by atoms with Crippen LogP contribution >= 0.6 is 0 Å². The number of aryl methyl sites for hydroxylation is 1. The van der Waals surface area contributed by atoms with Crippen molar-refractivity contribution < 1.29 is 19.1 Å². The minimum absolute atomic E-state index is 0.00638. The van der Waals surface area contributed by atoms with Gasteiger partial charge >= 0.3 is 5.97 Å². The number of esters is 1. The summed E-state index contributed by atoms with van der Waals surface area (Å²) in [6.07, 6.45) is -0.226. The van der Waals surface area contributed by atoms with Gasteiger partial charge in [0.05, 0.1) is 31.2 Å². The van der Waals surface area contributed by atoms with Gasteiger partial charge < -0.3 is 21.1 Å². The third-order valence-electron chi connectivity index (χ3n) is 4.00. The molecule has 0 spiro atoms. The van der Waals surface area contributed by atoms with Gasteiger partial charge in [-0.15, -0.1) is 0 Å². The number of hydrogen-bond acceptors (Lipinski definition) is 5. The van der Waals surface area contributed by atoms with Gasteiger partial charge in [0, 0.05) is 0 Å². The van der Waals surface area contributed by atoms with Crippen molar-refractivity contribution in [1.82, 2.24) is 10.6 Å². The monoisotopic (exact) mass is 377 g/mol. The molecule has 27 heavy (non-hydrogen) atoms. The van der Waals surface area contributed by atoms with Crippen LogP contribution in [0.1, 0.15) is 51.3 Å². The number of ether oxygens (including phenoxy) is 1. The van der Waals surface area contributed by atoms with Gasteiger partial charge in [-0.3, -0.25) is 14.4 Å². The Morgan fingerprint density at radius 3 is 2.19 bits per heavy atom. The summed E-state index contributed by atoms with van der Waals surface area (Å²) < 4.78 is 5.19. The highest BCUT2D eigenvalue weighted by Crippen LogP contribution is 2.18. The molecule has 0 bridgehead atoms. The Morgan fingerprint density at radius 1 is 1.07 bits per heavy atom. The molecule has 4 N–H and O–H groups in total. The van der Waals surface area contributed by atoms with Gasteiger partial charge in [0.25, 0.3) is 0 Å². The lowest BCUT2D eigenvalue weighted by molar-refractivity contribution is -0.148. The summed E-state index contributed by atoms with van der Waals surface area (Å²) in [6, 6.07) is 6.32.